The minimum atomic E-state index is -1.80. The van der Waals surface area contributed by atoms with Gasteiger partial charge in [0.15, 0.2) is 17.0 Å². The third-order valence-corrected chi connectivity index (χ3v) is 5.43. The molecule has 4 aromatic heterocycles. The second-order valence-electron chi connectivity index (χ2n) is 7.66. The third kappa shape index (κ3) is 5.19. The van der Waals surface area contributed by atoms with E-state index in [9.17, 15) is 33.8 Å². The number of aromatic nitrogens is 6. The number of nitrogens with zero attached hydrogens (tertiary/aromatic N) is 7. The number of fused-ring (bicyclic) bond motifs is 1. The maximum absolute atomic E-state index is 13.1. The molecule has 0 aromatic carbocycles. The molecule has 0 aliphatic heterocycles. The van der Waals surface area contributed by atoms with E-state index in [0.717, 1.165) is 23.5 Å². The molecule has 0 bridgehead atoms. The number of anilines is 1. The summed E-state index contributed by atoms with van der Waals surface area (Å²) < 4.78 is 15.5. The molecule has 0 aliphatic rings. The first-order valence-electron chi connectivity index (χ1n) is 10.6. The van der Waals surface area contributed by atoms with Crippen LogP contribution in [0.5, 0.6) is 0 Å². The van der Waals surface area contributed by atoms with Gasteiger partial charge in [-0.25, -0.2) is 28.9 Å². The van der Waals surface area contributed by atoms with E-state index in [1.54, 1.807) is 6.92 Å². The van der Waals surface area contributed by atoms with Gasteiger partial charge in [0, 0.05) is 6.20 Å². The maximum Gasteiger partial charge on any atom is 0.422 e. The third-order valence-electron chi connectivity index (χ3n) is 5.13. The van der Waals surface area contributed by atoms with Crippen molar-refractivity contribution in [1.29, 1.82) is 0 Å². The van der Waals surface area contributed by atoms with E-state index in [4.69, 9.17) is 11.6 Å². The smallest absolute Gasteiger partial charge is 0.422 e. The molecular formula is C21H17ClFN9O6. The van der Waals surface area contributed by atoms with Gasteiger partial charge in [-0.1, -0.05) is 11.6 Å². The van der Waals surface area contributed by atoms with Crippen molar-refractivity contribution in [2.45, 2.75) is 19.5 Å². The van der Waals surface area contributed by atoms with Crippen LogP contribution < -0.4 is 15.6 Å². The highest BCUT2D eigenvalue weighted by Crippen LogP contribution is 2.22. The van der Waals surface area contributed by atoms with E-state index in [-0.39, 0.29) is 26.8 Å². The van der Waals surface area contributed by atoms with E-state index in [1.165, 1.54) is 29.0 Å². The number of nitrogens with one attached hydrogen (secondary N) is 2. The largest absolute Gasteiger partial charge is 0.464 e. The van der Waals surface area contributed by atoms with Gasteiger partial charge in [-0.2, -0.15) is 4.90 Å². The second-order valence-corrected chi connectivity index (χ2v) is 8.06. The van der Waals surface area contributed by atoms with E-state index < -0.39 is 48.2 Å². The van der Waals surface area contributed by atoms with Crippen molar-refractivity contribution in [3.8, 4) is 0 Å². The zero-order chi connectivity index (χ0) is 27.6. The van der Waals surface area contributed by atoms with Crippen LogP contribution >= 0.6 is 11.6 Å². The van der Waals surface area contributed by atoms with Gasteiger partial charge in [-0.3, -0.25) is 24.7 Å². The lowest BCUT2D eigenvalue weighted by atomic mass is 10.2. The van der Waals surface area contributed by atoms with Crippen LogP contribution in [-0.2, 0) is 11.3 Å². The maximum atomic E-state index is 13.1. The monoisotopic (exact) mass is 545 g/mol. The van der Waals surface area contributed by atoms with E-state index >= 15 is 0 Å². The molecule has 0 saturated carbocycles. The molecule has 0 spiro atoms. The fraction of sp³-hybridized carbons (Fsp3) is 0.143. The molecule has 38 heavy (non-hydrogen) atoms. The van der Waals surface area contributed by atoms with Crippen LogP contribution in [0, 0.1) is 5.82 Å². The molecule has 0 radical (unpaired) electrons. The Morgan fingerprint density at radius 1 is 1.11 bits per heavy atom. The molecule has 4 amide bonds. The average Bonchev–Trinajstić information content (AvgIpc) is 3.42. The number of hydrogen-bond acceptors (Lipinski definition) is 8. The second kappa shape index (κ2) is 10.5. The number of imide groups is 1. The minimum absolute atomic E-state index is 0.0122. The minimum Gasteiger partial charge on any atom is -0.464 e. The molecule has 0 unspecified atom stereocenters. The van der Waals surface area contributed by atoms with Crippen LogP contribution in [0.1, 0.15) is 29.1 Å². The molecule has 4 aromatic rings. The van der Waals surface area contributed by atoms with Crippen molar-refractivity contribution in [2.75, 3.05) is 10.3 Å². The lowest BCUT2D eigenvalue weighted by molar-refractivity contribution is -0.117. The molecule has 4 heterocycles. The van der Waals surface area contributed by atoms with Crippen LogP contribution in [0.25, 0.3) is 11.2 Å². The summed E-state index contributed by atoms with van der Waals surface area (Å²) in [5.41, 5.74) is 2.61. The van der Waals surface area contributed by atoms with Gasteiger partial charge < -0.3 is 20.1 Å². The topological polar surface area (TPSA) is 197 Å². The number of hydrogen-bond donors (Lipinski definition) is 4. The molecule has 1 atom stereocenters. The molecule has 196 valence electrons. The van der Waals surface area contributed by atoms with Gasteiger partial charge in [-0.15, -0.1) is 0 Å². The molecule has 4 rings (SSSR count). The van der Waals surface area contributed by atoms with Crippen molar-refractivity contribution in [2.24, 2.45) is 0 Å². The van der Waals surface area contributed by atoms with Crippen LogP contribution in [0.3, 0.4) is 0 Å². The number of carbonyl (C=O) groups excluding carboxylic acids is 2. The number of carbonyl (C=O) groups is 4. The number of amides is 4. The Balaban J connectivity index is 1.51. The van der Waals surface area contributed by atoms with Crippen LogP contribution in [0.4, 0.5) is 19.8 Å². The Bertz CT molecular complexity index is 1540. The Hall–Kier alpha value is -5.12. The summed E-state index contributed by atoms with van der Waals surface area (Å²) in [5, 5.41) is 21.1. The highest BCUT2D eigenvalue weighted by molar-refractivity contribution is 6.33. The Morgan fingerprint density at radius 3 is 2.50 bits per heavy atom. The van der Waals surface area contributed by atoms with E-state index in [2.05, 4.69) is 30.7 Å². The molecule has 15 nitrogen and oxygen atoms in total. The molecule has 0 fully saturated rings. The number of halogens is 2. The van der Waals surface area contributed by atoms with Crippen molar-refractivity contribution in [3.05, 3.63) is 65.5 Å². The standard InChI is InChI=1S/C21H17ClFN9O6/c1-10(13-3-2-11(23)6-24-13)28-19(34)16-12(22)4-5-31(16)29-14(33)7-30-9-27-15-17(30)25-8-26-18(15)32(20(35)36)21(37)38/h2-6,8-10H,7H2,1H3,(H,28,34)(H,29,33)(H,35,36)(H,37,38)/t10-/m0/s1. The molecular weight excluding hydrogens is 529 g/mol. The highest BCUT2D eigenvalue weighted by Gasteiger charge is 2.28. The van der Waals surface area contributed by atoms with Crippen molar-refractivity contribution in [3.63, 3.8) is 0 Å². The molecule has 0 saturated heterocycles. The highest BCUT2D eigenvalue weighted by atomic mass is 35.5. The summed E-state index contributed by atoms with van der Waals surface area (Å²) in [4.78, 5) is 63.8. The van der Waals surface area contributed by atoms with Crippen molar-refractivity contribution >= 4 is 52.6 Å². The van der Waals surface area contributed by atoms with Crippen molar-refractivity contribution < 1.29 is 33.8 Å². The lowest BCUT2D eigenvalue weighted by Crippen LogP contribution is -2.35. The normalized spacial score (nSPS) is 11.7. The number of rotatable bonds is 7. The molecule has 4 N–H and O–H groups in total. The predicted octanol–water partition coefficient (Wildman–Crippen LogP) is 2.24. The van der Waals surface area contributed by atoms with E-state index in [1.807, 2.05) is 0 Å². The summed E-state index contributed by atoms with van der Waals surface area (Å²) >= 11 is 6.16. The summed E-state index contributed by atoms with van der Waals surface area (Å²) in [5.74, 6) is -2.34. The molecule has 17 heteroatoms. The van der Waals surface area contributed by atoms with Gasteiger partial charge in [0.1, 0.15) is 24.4 Å². The van der Waals surface area contributed by atoms with Gasteiger partial charge in [0.25, 0.3) is 11.8 Å². The summed E-state index contributed by atoms with van der Waals surface area (Å²) in [6, 6.07) is 3.39. The fourth-order valence-electron chi connectivity index (χ4n) is 3.44. The number of carboxylic acid groups (broad SMARTS) is 2. The van der Waals surface area contributed by atoms with Crippen LogP contribution in [0.15, 0.2) is 43.2 Å². The summed E-state index contributed by atoms with van der Waals surface area (Å²) in [7, 11) is 0. The van der Waals surface area contributed by atoms with Gasteiger partial charge in [0.05, 0.1) is 29.3 Å². The Kier molecular flexibility index (Phi) is 7.15. The van der Waals surface area contributed by atoms with E-state index in [0.29, 0.717) is 5.69 Å². The van der Waals surface area contributed by atoms with Crippen molar-refractivity contribution in [1.82, 2.24) is 34.5 Å². The quantitative estimate of drug-likeness (QED) is 0.267. The first-order valence-corrected chi connectivity index (χ1v) is 11.0. The van der Waals surface area contributed by atoms with Gasteiger partial charge in [-0.05, 0) is 25.1 Å². The van der Waals surface area contributed by atoms with Gasteiger partial charge >= 0.3 is 12.2 Å². The zero-order valence-corrected chi connectivity index (χ0v) is 20.0. The first kappa shape index (κ1) is 26.0. The SMILES string of the molecule is C[C@H](NC(=O)c1c(Cl)ccn1NC(=O)Cn1cnc2c(N(C(=O)O)C(=O)O)ncnc21)c1ccc(F)cn1. The van der Waals surface area contributed by atoms with Crippen LogP contribution in [0.2, 0.25) is 5.02 Å². The first-order chi connectivity index (χ1) is 18.1. The predicted molar refractivity (Wildman–Crippen MR) is 128 cm³/mol. The zero-order valence-electron chi connectivity index (χ0n) is 19.2. The molecule has 0 aliphatic carbocycles. The summed E-state index contributed by atoms with van der Waals surface area (Å²) in [6.45, 7) is 1.23. The van der Waals surface area contributed by atoms with Crippen LogP contribution in [-0.4, -0.2) is 63.4 Å². The lowest BCUT2D eigenvalue weighted by Gasteiger charge is -2.16. The average molecular weight is 546 g/mol. The Labute approximate surface area is 216 Å². The fourth-order valence-corrected chi connectivity index (χ4v) is 3.67. The number of pyridine rings is 1. The Morgan fingerprint density at radius 2 is 1.84 bits per heavy atom. The van der Waals surface area contributed by atoms with Gasteiger partial charge in [0.2, 0.25) is 0 Å². The summed E-state index contributed by atoms with van der Waals surface area (Å²) in [6.07, 6.45) is 0.840. The number of imidazole rings is 1.